The van der Waals surface area contributed by atoms with Crippen LogP contribution in [0.25, 0.3) is 11.7 Å². The molecule has 5 rings (SSSR count). The first-order valence-electron chi connectivity index (χ1n) is 10.3. The van der Waals surface area contributed by atoms with Crippen LogP contribution in [0.5, 0.6) is 0 Å². The maximum atomic E-state index is 13.3. The van der Waals surface area contributed by atoms with Gasteiger partial charge >= 0.3 is 0 Å². The number of nitrogens with one attached hydrogen (secondary N) is 1. The number of thiocarbonyl (C=S) groups is 1. The monoisotopic (exact) mass is 492 g/mol. The number of furan rings is 1. The van der Waals surface area contributed by atoms with Gasteiger partial charge in [-0.1, -0.05) is 42.2 Å². The van der Waals surface area contributed by atoms with Crippen molar-refractivity contribution in [3.63, 3.8) is 0 Å². The van der Waals surface area contributed by atoms with Gasteiger partial charge in [0.2, 0.25) is 0 Å². The van der Waals surface area contributed by atoms with Gasteiger partial charge in [-0.15, -0.1) is 0 Å². The van der Waals surface area contributed by atoms with Crippen LogP contribution < -0.4 is 10.9 Å². The topological polar surface area (TPSA) is 79.9 Å². The Kier molecular flexibility index (Phi) is 5.99. The first kappa shape index (κ1) is 22.1. The summed E-state index contributed by atoms with van der Waals surface area (Å²) < 4.78 is 20.4. The third-order valence-electron chi connectivity index (χ3n) is 5.18. The zero-order valence-electron chi connectivity index (χ0n) is 17.6. The highest BCUT2D eigenvalue weighted by Crippen LogP contribution is 2.34. The zero-order chi connectivity index (χ0) is 23.7. The van der Waals surface area contributed by atoms with E-state index < -0.39 is 0 Å². The van der Waals surface area contributed by atoms with Crippen molar-refractivity contribution >= 4 is 51.7 Å². The molecule has 0 spiro atoms. The quantitative estimate of drug-likeness (QED) is 0.315. The number of hydrogen-bond acceptors (Lipinski definition) is 7. The maximum Gasteiger partial charge on any atom is 0.267 e. The number of anilines is 1. The van der Waals surface area contributed by atoms with Crippen molar-refractivity contribution in [2.45, 2.75) is 13.1 Å². The molecule has 1 N–H and O–H groups in total. The van der Waals surface area contributed by atoms with Crippen LogP contribution in [0, 0.1) is 5.82 Å². The Balaban J connectivity index is 1.50. The summed E-state index contributed by atoms with van der Waals surface area (Å²) in [5.74, 6) is 0.324. The molecule has 1 amide bonds. The summed E-state index contributed by atoms with van der Waals surface area (Å²) in [6.45, 7) is 0.523. The van der Waals surface area contributed by atoms with Gasteiger partial charge < -0.3 is 9.73 Å². The van der Waals surface area contributed by atoms with E-state index >= 15 is 0 Å². The maximum absolute atomic E-state index is 13.3. The van der Waals surface area contributed by atoms with Crippen LogP contribution in [0.3, 0.4) is 0 Å². The van der Waals surface area contributed by atoms with Crippen molar-refractivity contribution in [3.05, 3.63) is 105 Å². The molecular weight excluding hydrogens is 475 g/mol. The molecule has 1 aliphatic heterocycles. The van der Waals surface area contributed by atoms with Gasteiger partial charge in [0.05, 0.1) is 29.8 Å². The third kappa shape index (κ3) is 4.37. The van der Waals surface area contributed by atoms with Crippen molar-refractivity contribution in [2.24, 2.45) is 0 Å². The molecule has 3 aromatic heterocycles. The molecule has 0 bridgehead atoms. The summed E-state index contributed by atoms with van der Waals surface area (Å²) in [5, 5.41) is 3.14. The highest BCUT2D eigenvalue weighted by atomic mass is 32.2. The Labute approximate surface area is 202 Å². The number of thioether (sulfide) groups is 1. The fourth-order valence-corrected chi connectivity index (χ4v) is 4.73. The van der Waals surface area contributed by atoms with Gasteiger partial charge in [-0.25, -0.2) is 9.37 Å². The van der Waals surface area contributed by atoms with Gasteiger partial charge in [-0.2, -0.15) is 0 Å². The molecular formula is C24H17FN4O3S2. The molecule has 0 radical (unpaired) electrons. The smallest absolute Gasteiger partial charge is 0.267 e. The van der Waals surface area contributed by atoms with Gasteiger partial charge in [-0.3, -0.25) is 18.9 Å². The molecule has 4 aromatic rings. The summed E-state index contributed by atoms with van der Waals surface area (Å²) >= 11 is 6.52. The van der Waals surface area contributed by atoms with Crippen molar-refractivity contribution in [1.29, 1.82) is 0 Å². The van der Waals surface area contributed by atoms with Gasteiger partial charge in [0.25, 0.3) is 11.5 Å². The number of amides is 1. The van der Waals surface area contributed by atoms with Crippen LogP contribution in [-0.4, -0.2) is 24.5 Å². The lowest BCUT2D eigenvalue weighted by atomic mass is 10.2. The van der Waals surface area contributed by atoms with Gasteiger partial charge in [0, 0.05) is 6.20 Å². The molecule has 0 unspecified atom stereocenters. The Morgan fingerprint density at radius 3 is 2.71 bits per heavy atom. The average Bonchev–Trinajstić information content (AvgIpc) is 3.45. The molecule has 170 valence electrons. The van der Waals surface area contributed by atoms with Crippen molar-refractivity contribution in [3.8, 4) is 0 Å². The molecule has 4 heterocycles. The number of benzene rings is 1. The van der Waals surface area contributed by atoms with E-state index in [1.165, 1.54) is 27.5 Å². The number of fused-ring (bicyclic) bond motifs is 1. The highest BCUT2D eigenvalue weighted by Gasteiger charge is 2.32. The molecule has 10 heteroatoms. The molecule has 34 heavy (non-hydrogen) atoms. The minimum absolute atomic E-state index is 0.209. The van der Waals surface area contributed by atoms with Crippen LogP contribution in [0.1, 0.15) is 16.9 Å². The number of hydrogen-bond donors (Lipinski definition) is 1. The number of aromatic nitrogens is 2. The molecule has 1 aliphatic rings. The van der Waals surface area contributed by atoms with Crippen LogP contribution in [0.15, 0.2) is 81.2 Å². The van der Waals surface area contributed by atoms with Gasteiger partial charge in [0.15, 0.2) is 0 Å². The molecule has 1 saturated heterocycles. The Bertz CT molecular complexity index is 1480. The van der Waals surface area contributed by atoms with Crippen LogP contribution in [0.4, 0.5) is 10.2 Å². The predicted molar refractivity (Wildman–Crippen MR) is 133 cm³/mol. The van der Waals surface area contributed by atoms with E-state index in [9.17, 15) is 14.0 Å². The number of nitrogens with zero attached hydrogens (tertiary/aromatic N) is 3. The van der Waals surface area contributed by atoms with Crippen LogP contribution in [-0.2, 0) is 17.9 Å². The zero-order valence-corrected chi connectivity index (χ0v) is 19.2. The first-order chi connectivity index (χ1) is 16.5. The minimum Gasteiger partial charge on any atom is -0.467 e. The van der Waals surface area contributed by atoms with E-state index in [4.69, 9.17) is 16.6 Å². The second-order valence-corrected chi connectivity index (χ2v) is 9.11. The summed E-state index contributed by atoms with van der Waals surface area (Å²) in [4.78, 5) is 32.8. The SMILES string of the molecule is O=C1C(=Cc2c(NCc3ccco3)nc3ccccn3c2=O)SC(=S)N1Cc1ccc(F)cc1. The van der Waals surface area contributed by atoms with E-state index in [1.807, 2.05) is 0 Å². The predicted octanol–water partition coefficient (Wildman–Crippen LogP) is 4.44. The molecule has 1 aromatic carbocycles. The molecule has 1 fully saturated rings. The summed E-state index contributed by atoms with van der Waals surface area (Å²) in [7, 11) is 0. The second kappa shape index (κ2) is 9.24. The Morgan fingerprint density at radius 2 is 1.94 bits per heavy atom. The fourth-order valence-electron chi connectivity index (χ4n) is 3.49. The summed E-state index contributed by atoms with van der Waals surface area (Å²) in [6, 6.07) is 14.7. The number of rotatable bonds is 6. The van der Waals surface area contributed by atoms with E-state index in [0.29, 0.717) is 33.0 Å². The second-order valence-electron chi connectivity index (χ2n) is 7.44. The van der Waals surface area contributed by atoms with Gasteiger partial charge in [0.1, 0.15) is 27.4 Å². The largest absolute Gasteiger partial charge is 0.467 e. The number of pyridine rings is 1. The van der Waals surface area contributed by atoms with E-state index in [2.05, 4.69) is 10.3 Å². The Morgan fingerprint density at radius 1 is 1.12 bits per heavy atom. The lowest BCUT2D eigenvalue weighted by Gasteiger charge is -2.14. The van der Waals surface area contributed by atoms with Crippen molar-refractivity contribution in [2.75, 3.05) is 5.32 Å². The summed E-state index contributed by atoms with van der Waals surface area (Å²) in [6.07, 6.45) is 4.70. The highest BCUT2D eigenvalue weighted by molar-refractivity contribution is 8.26. The lowest BCUT2D eigenvalue weighted by Crippen LogP contribution is -2.27. The molecule has 7 nitrogen and oxygen atoms in total. The van der Waals surface area contributed by atoms with E-state index in [1.54, 1.807) is 54.9 Å². The van der Waals surface area contributed by atoms with E-state index in [-0.39, 0.29) is 29.4 Å². The van der Waals surface area contributed by atoms with Crippen molar-refractivity contribution < 1.29 is 13.6 Å². The van der Waals surface area contributed by atoms with Crippen LogP contribution >= 0.6 is 24.0 Å². The van der Waals surface area contributed by atoms with Crippen LogP contribution in [0.2, 0.25) is 0 Å². The normalized spacial score (nSPS) is 15.0. The average molecular weight is 493 g/mol. The lowest BCUT2D eigenvalue weighted by molar-refractivity contribution is -0.122. The third-order valence-corrected chi connectivity index (χ3v) is 6.56. The Hall–Kier alpha value is -3.76. The number of halogens is 1. The summed E-state index contributed by atoms with van der Waals surface area (Å²) in [5.41, 5.74) is 1.12. The first-order valence-corrected chi connectivity index (χ1v) is 11.5. The minimum atomic E-state index is -0.354. The molecule has 0 aliphatic carbocycles. The van der Waals surface area contributed by atoms with E-state index in [0.717, 1.165) is 17.3 Å². The molecule has 0 atom stereocenters. The fraction of sp³-hybridized carbons (Fsp3) is 0.0833. The number of carbonyl (C=O) groups is 1. The molecule has 0 saturated carbocycles. The van der Waals surface area contributed by atoms with Gasteiger partial charge in [-0.05, 0) is 48.0 Å². The standard InChI is InChI=1S/C24H17FN4O3S2/c25-16-8-6-15(7-9-16)14-29-23(31)19(34-24(29)33)12-18-21(26-13-17-4-3-11-32-17)27-20-5-1-2-10-28(20)22(18)30/h1-12,26H,13-14H2. The number of carbonyl (C=O) groups excluding carboxylic acids is 1. The van der Waals surface area contributed by atoms with Crippen molar-refractivity contribution in [1.82, 2.24) is 14.3 Å².